The second kappa shape index (κ2) is 9.84. The zero-order valence-electron chi connectivity index (χ0n) is 16.8. The molecule has 0 radical (unpaired) electrons. The van der Waals surface area contributed by atoms with Crippen molar-refractivity contribution in [2.24, 2.45) is 0 Å². The molecule has 0 aliphatic carbocycles. The molecule has 2 aromatic rings. The van der Waals surface area contributed by atoms with Crippen LogP contribution in [0.3, 0.4) is 0 Å². The lowest BCUT2D eigenvalue weighted by Gasteiger charge is -2.34. The largest absolute Gasteiger partial charge is 0.387 e. The van der Waals surface area contributed by atoms with Gasteiger partial charge >= 0.3 is 0 Å². The number of hydrogen-bond donors (Lipinski definition) is 2. The van der Waals surface area contributed by atoms with Crippen molar-refractivity contribution in [2.75, 3.05) is 45.1 Å². The number of carbonyl (C=O) groups is 2. The number of nitrogens with zero attached hydrogens (tertiary/aromatic N) is 3. The minimum Gasteiger partial charge on any atom is -0.387 e. The number of nitro groups is 1. The molecule has 1 fully saturated rings. The third-order valence-electron chi connectivity index (χ3n) is 5.07. The molecule has 9 nitrogen and oxygen atoms in total. The van der Waals surface area contributed by atoms with Gasteiger partial charge in [-0.1, -0.05) is 30.3 Å². The minimum atomic E-state index is -0.512. The van der Waals surface area contributed by atoms with Gasteiger partial charge in [-0.25, -0.2) is 0 Å². The number of carbonyl (C=O) groups excluding carboxylic acids is 2. The molecule has 0 atom stereocenters. The quantitative estimate of drug-likeness (QED) is 0.531. The zero-order chi connectivity index (χ0) is 21.5. The second-order valence-corrected chi connectivity index (χ2v) is 7.07. The van der Waals surface area contributed by atoms with Gasteiger partial charge in [0.25, 0.3) is 11.6 Å². The van der Waals surface area contributed by atoms with Crippen LogP contribution in [0.1, 0.15) is 15.9 Å². The lowest BCUT2D eigenvalue weighted by molar-refractivity contribution is -0.384. The van der Waals surface area contributed by atoms with Gasteiger partial charge in [0.2, 0.25) is 5.91 Å². The van der Waals surface area contributed by atoms with Crippen LogP contribution in [0.15, 0.2) is 48.5 Å². The number of amides is 2. The normalized spacial score (nSPS) is 14.2. The van der Waals surface area contributed by atoms with Crippen LogP contribution in [0.2, 0.25) is 0 Å². The van der Waals surface area contributed by atoms with E-state index in [-0.39, 0.29) is 29.6 Å². The molecule has 0 aromatic heterocycles. The molecule has 2 amide bonds. The highest BCUT2D eigenvalue weighted by Crippen LogP contribution is 2.23. The fraction of sp³-hybridized carbons (Fsp3) is 0.333. The monoisotopic (exact) mass is 411 g/mol. The summed E-state index contributed by atoms with van der Waals surface area (Å²) >= 11 is 0. The van der Waals surface area contributed by atoms with E-state index in [1.807, 2.05) is 35.2 Å². The molecule has 2 aromatic carbocycles. The summed E-state index contributed by atoms with van der Waals surface area (Å²) in [5.74, 6) is -0.314. The fourth-order valence-corrected chi connectivity index (χ4v) is 3.38. The first-order chi connectivity index (χ1) is 14.5. The van der Waals surface area contributed by atoms with Gasteiger partial charge in [-0.2, -0.15) is 0 Å². The number of nitro benzene ring substituents is 1. The van der Waals surface area contributed by atoms with E-state index in [2.05, 4.69) is 10.6 Å². The van der Waals surface area contributed by atoms with Crippen molar-refractivity contribution in [3.8, 4) is 0 Å². The van der Waals surface area contributed by atoms with E-state index in [4.69, 9.17) is 0 Å². The maximum atomic E-state index is 12.9. The fourth-order valence-electron chi connectivity index (χ4n) is 3.38. The van der Waals surface area contributed by atoms with Crippen molar-refractivity contribution < 1.29 is 14.5 Å². The SMILES string of the molecule is CNc1ccc([N+](=O)[O-])cc1C(=O)N1CCN(CC(=O)NCc2ccccc2)CC1. The van der Waals surface area contributed by atoms with E-state index in [9.17, 15) is 19.7 Å². The first-order valence-corrected chi connectivity index (χ1v) is 9.76. The lowest BCUT2D eigenvalue weighted by Crippen LogP contribution is -2.51. The van der Waals surface area contributed by atoms with Gasteiger partial charge < -0.3 is 15.5 Å². The molecule has 0 spiro atoms. The second-order valence-electron chi connectivity index (χ2n) is 7.07. The van der Waals surface area contributed by atoms with Crippen LogP contribution in [0, 0.1) is 10.1 Å². The number of nitrogens with one attached hydrogen (secondary N) is 2. The summed E-state index contributed by atoms with van der Waals surface area (Å²) < 4.78 is 0. The molecule has 1 saturated heterocycles. The first kappa shape index (κ1) is 21.3. The maximum Gasteiger partial charge on any atom is 0.270 e. The number of anilines is 1. The molecule has 3 rings (SSSR count). The van der Waals surface area contributed by atoms with Crippen LogP contribution in [0.25, 0.3) is 0 Å². The third kappa shape index (κ3) is 5.32. The molecular formula is C21H25N5O4. The molecule has 2 N–H and O–H groups in total. The summed E-state index contributed by atoms with van der Waals surface area (Å²) in [7, 11) is 1.67. The van der Waals surface area contributed by atoms with Crippen LogP contribution in [-0.2, 0) is 11.3 Å². The van der Waals surface area contributed by atoms with Gasteiger partial charge in [-0.05, 0) is 11.6 Å². The number of benzene rings is 2. The van der Waals surface area contributed by atoms with Crippen molar-refractivity contribution >= 4 is 23.2 Å². The van der Waals surface area contributed by atoms with Crippen molar-refractivity contribution in [1.29, 1.82) is 0 Å². The van der Waals surface area contributed by atoms with E-state index in [0.717, 1.165) is 5.56 Å². The first-order valence-electron chi connectivity index (χ1n) is 9.76. The summed E-state index contributed by atoms with van der Waals surface area (Å²) in [4.78, 5) is 39.3. The van der Waals surface area contributed by atoms with Gasteiger partial charge in [0.05, 0.1) is 17.0 Å². The summed E-state index contributed by atoms with van der Waals surface area (Å²) in [6.07, 6.45) is 0. The predicted octanol–water partition coefficient (Wildman–Crippen LogP) is 1.71. The van der Waals surface area contributed by atoms with E-state index < -0.39 is 4.92 Å². The zero-order valence-corrected chi connectivity index (χ0v) is 16.8. The number of piperazine rings is 1. The Hall–Kier alpha value is -3.46. The van der Waals surface area contributed by atoms with Crippen molar-refractivity contribution in [1.82, 2.24) is 15.1 Å². The van der Waals surface area contributed by atoms with Crippen LogP contribution in [-0.4, -0.2) is 66.3 Å². The van der Waals surface area contributed by atoms with Crippen molar-refractivity contribution in [3.05, 3.63) is 69.8 Å². The third-order valence-corrected chi connectivity index (χ3v) is 5.07. The Kier molecular flexibility index (Phi) is 6.97. The number of non-ortho nitro benzene ring substituents is 1. The summed E-state index contributed by atoms with van der Waals surface area (Å²) in [6.45, 7) is 2.79. The van der Waals surface area contributed by atoms with Gasteiger partial charge in [0.15, 0.2) is 0 Å². The summed E-state index contributed by atoms with van der Waals surface area (Å²) in [6, 6.07) is 13.9. The van der Waals surface area contributed by atoms with E-state index >= 15 is 0 Å². The molecule has 9 heteroatoms. The molecule has 0 bridgehead atoms. The Morgan fingerprint density at radius 2 is 1.77 bits per heavy atom. The van der Waals surface area contributed by atoms with Crippen LogP contribution >= 0.6 is 0 Å². The minimum absolute atomic E-state index is 0.0604. The highest BCUT2D eigenvalue weighted by Gasteiger charge is 2.26. The topological polar surface area (TPSA) is 108 Å². The van der Waals surface area contributed by atoms with Gasteiger partial charge in [-0.3, -0.25) is 24.6 Å². The highest BCUT2D eigenvalue weighted by molar-refractivity contribution is 6.00. The van der Waals surface area contributed by atoms with Crippen LogP contribution < -0.4 is 10.6 Å². The number of hydrogen-bond acceptors (Lipinski definition) is 6. The predicted molar refractivity (Wildman–Crippen MR) is 113 cm³/mol. The average Bonchev–Trinajstić information content (AvgIpc) is 2.78. The Morgan fingerprint density at radius 3 is 2.40 bits per heavy atom. The van der Waals surface area contributed by atoms with Gasteiger partial charge in [0.1, 0.15) is 0 Å². The molecular weight excluding hydrogens is 386 g/mol. The van der Waals surface area contributed by atoms with Crippen LogP contribution in [0.5, 0.6) is 0 Å². The van der Waals surface area contributed by atoms with E-state index in [1.54, 1.807) is 18.0 Å². The summed E-state index contributed by atoms with van der Waals surface area (Å²) in [5.41, 5.74) is 1.75. The van der Waals surface area contributed by atoms with E-state index in [1.165, 1.54) is 12.1 Å². The van der Waals surface area contributed by atoms with E-state index in [0.29, 0.717) is 38.4 Å². The maximum absolute atomic E-state index is 12.9. The summed E-state index contributed by atoms with van der Waals surface area (Å²) in [5, 5.41) is 16.9. The lowest BCUT2D eigenvalue weighted by atomic mass is 10.1. The Morgan fingerprint density at radius 1 is 1.07 bits per heavy atom. The molecule has 1 aliphatic heterocycles. The van der Waals surface area contributed by atoms with Crippen LogP contribution in [0.4, 0.5) is 11.4 Å². The number of rotatable bonds is 7. The van der Waals surface area contributed by atoms with Gasteiger partial charge in [0, 0.05) is 57.6 Å². The van der Waals surface area contributed by atoms with Crippen molar-refractivity contribution in [2.45, 2.75) is 6.54 Å². The Balaban J connectivity index is 1.52. The highest BCUT2D eigenvalue weighted by atomic mass is 16.6. The Bertz CT molecular complexity index is 911. The Labute approximate surface area is 174 Å². The smallest absolute Gasteiger partial charge is 0.270 e. The molecule has 158 valence electrons. The molecule has 0 saturated carbocycles. The van der Waals surface area contributed by atoms with Gasteiger partial charge in [-0.15, -0.1) is 0 Å². The average molecular weight is 411 g/mol. The van der Waals surface area contributed by atoms with Crippen molar-refractivity contribution in [3.63, 3.8) is 0 Å². The molecule has 0 unspecified atom stereocenters. The molecule has 1 heterocycles. The molecule has 1 aliphatic rings. The standard InChI is InChI=1S/C21H25N5O4/c1-22-19-8-7-17(26(29)30)13-18(19)21(28)25-11-9-24(10-12-25)15-20(27)23-14-16-5-3-2-4-6-16/h2-8,13,22H,9-12,14-15H2,1H3,(H,23,27). The molecule has 30 heavy (non-hydrogen) atoms.